The summed E-state index contributed by atoms with van der Waals surface area (Å²) in [4.78, 5) is 14.7. The highest BCUT2D eigenvalue weighted by Gasteiger charge is 2.43. The number of fused-ring (bicyclic) bond motifs is 1. The molecule has 0 aromatic heterocycles. The molecule has 7 heteroatoms. The molecule has 2 aliphatic heterocycles. The van der Waals surface area contributed by atoms with Crippen LogP contribution in [0, 0.1) is 0 Å². The van der Waals surface area contributed by atoms with Crippen LogP contribution < -0.4 is 4.74 Å². The summed E-state index contributed by atoms with van der Waals surface area (Å²) in [5.41, 5.74) is 4.12. The Morgan fingerprint density at radius 2 is 1.59 bits per heavy atom. The summed E-state index contributed by atoms with van der Waals surface area (Å²) in [7, 11) is -3.74. The van der Waals surface area contributed by atoms with Crippen LogP contribution in [0.25, 0.3) is 11.1 Å². The molecule has 0 saturated carbocycles. The Labute approximate surface area is 222 Å². The minimum absolute atomic E-state index is 0.0548. The van der Waals surface area contributed by atoms with Crippen molar-refractivity contribution in [1.29, 1.82) is 0 Å². The summed E-state index contributed by atoms with van der Waals surface area (Å²) in [6.45, 7) is 13.6. The molecule has 2 heterocycles. The number of likely N-dealkylation sites (tertiary alicyclic amines) is 1. The predicted molar refractivity (Wildman–Crippen MR) is 147 cm³/mol. The van der Waals surface area contributed by atoms with E-state index < -0.39 is 20.6 Å². The number of carbonyl (C=O) groups is 1. The molecule has 1 spiro atoms. The number of ether oxygens (including phenoxy) is 2. The average molecular weight is 528 g/mol. The third-order valence-corrected chi connectivity index (χ3v) is 10.5. The number of aryl methyl sites for hydroxylation is 1. The zero-order valence-corrected chi connectivity index (χ0v) is 23.9. The van der Waals surface area contributed by atoms with E-state index in [0.717, 1.165) is 55.6 Å². The smallest absolute Gasteiger partial charge is 0.326 e. The molecule has 0 amide bonds. The second kappa shape index (κ2) is 10.1. The van der Waals surface area contributed by atoms with Gasteiger partial charge < -0.3 is 9.47 Å². The van der Waals surface area contributed by atoms with Gasteiger partial charge in [0.05, 0.1) is 12.4 Å². The van der Waals surface area contributed by atoms with E-state index in [1.165, 1.54) is 19.4 Å². The molecule has 2 aromatic rings. The number of rotatable bonds is 6. The lowest BCUT2D eigenvalue weighted by Gasteiger charge is -2.48. The van der Waals surface area contributed by atoms with Gasteiger partial charge in [-0.15, -0.1) is 0 Å². The van der Waals surface area contributed by atoms with Crippen molar-refractivity contribution in [2.75, 3.05) is 19.7 Å². The highest BCUT2D eigenvalue weighted by molar-refractivity contribution is 7.92. The van der Waals surface area contributed by atoms with Crippen molar-refractivity contribution in [2.24, 2.45) is 0 Å². The van der Waals surface area contributed by atoms with Crippen molar-refractivity contribution in [3.8, 4) is 16.9 Å². The van der Waals surface area contributed by atoms with Crippen molar-refractivity contribution in [3.05, 3.63) is 53.6 Å². The van der Waals surface area contributed by atoms with Crippen LogP contribution in [0.5, 0.6) is 5.75 Å². The molecule has 0 unspecified atom stereocenters. The molecule has 1 fully saturated rings. The van der Waals surface area contributed by atoms with E-state index in [2.05, 4.69) is 43.9 Å². The first-order valence-corrected chi connectivity index (χ1v) is 15.0. The second-order valence-corrected chi connectivity index (χ2v) is 14.5. The van der Waals surface area contributed by atoms with Gasteiger partial charge in [0.2, 0.25) is 0 Å². The molecule has 37 heavy (non-hydrogen) atoms. The topological polar surface area (TPSA) is 72.9 Å². The third kappa shape index (κ3) is 5.73. The minimum Gasteiger partial charge on any atom is -0.487 e. The molecule has 2 aromatic carbocycles. The van der Waals surface area contributed by atoms with Gasteiger partial charge in [-0.2, -0.15) is 0 Å². The summed E-state index contributed by atoms with van der Waals surface area (Å²) in [6.07, 6.45) is 4.15. The molecule has 1 saturated heterocycles. The van der Waals surface area contributed by atoms with E-state index in [9.17, 15) is 13.2 Å². The summed E-state index contributed by atoms with van der Waals surface area (Å²) in [6, 6.07) is 13.9. The fourth-order valence-electron chi connectivity index (χ4n) is 5.26. The van der Waals surface area contributed by atoms with E-state index in [4.69, 9.17) is 9.47 Å². The Morgan fingerprint density at radius 3 is 2.19 bits per heavy atom. The van der Waals surface area contributed by atoms with Crippen LogP contribution in [-0.2, 0) is 31.5 Å². The van der Waals surface area contributed by atoms with Gasteiger partial charge in [-0.05, 0) is 102 Å². The molecule has 4 rings (SSSR count). The van der Waals surface area contributed by atoms with Gasteiger partial charge in [0.1, 0.15) is 11.4 Å². The maximum absolute atomic E-state index is 12.9. The van der Waals surface area contributed by atoms with E-state index in [-0.39, 0.29) is 23.5 Å². The lowest BCUT2D eigenvalue weighted by molar-refractivity contribution is -0.145. The fourth-order valence-corrected chi connectivity index (χ4v) is 6.57. The lowest BCUT2D eigenvalue weighted by Crippen LogP contribution is -2.54. The van der Waals surface area contributed by atoms with Crippen LogP contribution >= 0.6 is 0 Å². The maximum Gasteiger partial charge on any atom is 0.326 e. The number of carbonyl (C=O) groups excluding carboxylic acids is 1. The number of esters is 1. The van der Waals surface area contributed by atoms with Crippen LogP contribution in [0.3, 0.4) is 0 Å². The number of benzene rings is 2. The van der Waals surface area contributed by atoms with Crippen LogP contribution in [0.1, 0.15) is 71.9 Å². The van der Waals surface area contributed by atoms with Crippen molar-refractivity contribution in [2.45, 2.75) is 88.9 Å². The molecular weight excluding hydrogens is 486 g/mol. The Morgan fingerprint density at radius 1 is 0.973 bits per heavy atom. The number of piperidine rings is 1. The molecule has 0 aliphatic carbocycles. The quantitative estimate of drug-likeness (QED) is 0.458. The van der Waals surface area contributed by atoms with E-state index >= 15 is 0 Å². The van der Waals surface area contributed by atoms with Gasteiger partial charge in [-0.25, -0.2) is 8.42 Å². The molecule has 0 atom stereocenters. The van der Waals surface area contributed by atoms with Crippen molar-refractivity contribution in [3.63, 3.8) is 0 Å². The Bertz CT molecular complexity index is 1230. The number of nitrogens with zero attached hydrogens (tertiary/aromatic N) is 1. The first-order chi connectivity index (χ1) is 17.3. The Hall–Kier alpha value is -2.38. The van der Waals surface area contributed by atoms with Gasteiger partial charge in [0.15, 0.2) is 14.6 Å². The minimum atomic E-state index is -3.74. The monoisotopic (exact) mass is 527 g/mol. The molecule has 0 radical (unpaired) electrons. The summed E-state index contributed by atoms with van der Waals surface area (Å²) < 4.78 is 35.9. The summed E-state index contributed by atoms with van der Waals surface area (Å²) in [5.74, 6) is 0.0545. The molecule has 6 nitrogen and oxygen atoms in total. The zero-order chi connectivity index (χ0) is 27.1. The standard InChI is InChI=1S/C30H41NO5S/c1-7-35-27(32)29(5,6)37(33,34)21-22-8-10-23(11-9-22)24-12-13-26-25(20-24)14-15-30(36-26)16-18-31(19-17-30)28(2,3)4/h8-13,20H,7,14-19,21H2,1-6H3. The van der Waals surface area contributed by atoms with Crippen molar-refractivity contribution in [1.82, 2.24) is 4.90 Å². The van der Waals surface area contributed by atoms with Gasteiger partial charge in [-0.3, -0.25) is 9.69 Å². The van der Waals surface area contributed by atoms with Crippen LogP contribution in [0.15, 0.2) is 42.5 Å². The largest absolute Gasteiger partial charge is 0.487 e. The highest BCUT2D eigenvalue weighted by Crippen LogP contribution is 2.41. The van der Waals surface area contributed by atoms with Crippen LogP contribution in [-0.4, -0.2) is 54.9 Å². The van der Waals surface area contributed by atoms with E-state index in [1.807, 2.05) is 24.3 Å². The zero-order valence-electron chi connectivity index (χ0n) is 23.1. The summed E-state index contributed by atoms with van der Waals surface area (Å²) in [5, 5.41) is 0. The fraction of sp³-hybridized carbons (Fsp3) is 0.567. The van der Waals surface area contributed by atoms with E-state index in [1.54, 1.807) is 6.92 Å². The normalized spacial score (nSPS) is 18.2. The van der Waals surface area contributed by atoms with E-state index in [0.29, 0.717) is 5.56 Å². The number of hydrogen-bond donors (Lipinski definition) is 0. The molecular formula is C30H41NO5S. The second-order valence-electron chi connectivity index (χ2n) is 12.0. The van der Waals surface area contributed by atoms with Crippen LogP contribution in [0.2, 0.25) is 0 Å². The van der Waals surface area contributed by atoms with Gasteiger partial charge >= 0.3 is 5.97 Å². The molecule has 0 N–H and O–H groups in total. The first kappa shape index (κ1) is 27.6. The van der Waals surface area contributed by atoms with Crippen molar-refractivity contribution >= 4 is 15.8 Å². The van der Waals surface area contributed by atoms with Crippen molar-refractivity contribution < 1.29 is 22.7 Å². The number of sulfone groups is 1. The molecule has 2 aliphatic rings. The Balaban J connectivity index is 1.44. The third-order valence-electron chi connectivity index (χ3n) is 8.05. The SMILES string of the molecule is CCOC(=O)C(C)(C)S(=O)(=O)Cc1ccc(-c2ccc3c(c2)CCC2(CCN(C(C)(C)C)CC2)O3)cc1. The lowest BCUT2D eigenvalue weighted by atomic mass is 9.81. The Kier molecular flexibility index (Phi) is 7.52. The number of hydrogen-bond acceptors (Lipinski definition) is 6. The van der Waals surface area contributed by atoms with Crippen LogP contribution in [0.4, 0.5) is 0 Å². The average Bonchev–Trinajstić information content (AvgIpc) is 2.84. The molecule has 202 valence electrons. The van der Waals surface area contributed by atoms with Gasteiger partial charge in [0, 0.05) is 18.6 Å². The highest BCUT2D eigenvalue weighted by atomic mass is 32.2. The predicted octanol–water partition coefficient (Wildman–Crippen LogP) is 5.57. The summed E-state index contributed by atoms with van der Waals surface area (Å²) >= 11 is 0. The maximum atomic E-state index is 12.9. The van der Waals surface area contributed by atoms with Gasteiger partial charge in [0.25, 0.3) is 0 Å². The van der Waals surface area contributed by atoms with Gasteiger partial charge in [-0.1, -0.05) is 30.3 Å². The first-order valence-electron chi connectivity index (χ1n) is 13.3. The molecule has 0 bridgehead atoms.